The molecule has 1 saturated carbocycles. The van der Waals surface area contributed by atoms with Crippen LogP contribution < -0.4 is 10.1 Å². The predicted molar refractivity (Wildman–Crippen MR) is 68.2 cm³/mol. The highest BCUT2D eigenvalue weighted by atomic mass is 16.5. The highest BCUT2D eigenvalue weighted by Crippen LogP contribution is 2.51. The molecule has 0 bridgehead atoms. The molecule has 0 aliphatic heterocycles. The molecule has 0 saturated heterocycles. The summed E-state index contributed by atoms with van der Waals surface area (Å²) in [6.45, 7) is 8.36. The normalized spacial score (nSPS) is 21.0. The average Bonchev–Trinajstić information content (AvgIpc) is 2.92. The Hall–Kier alpha value is -1.32. The third-order valence-electron chi connectivity index (χ3n) is 3.34. The molecule has 0 aromatic carbocycles. The van der Waals surface area contributed by atoms with Crippen molar-refractivity contribution in [3.63, 3.8) is 0 Å². The molecule has 1 unspecified atom stereocenters. The first-order valence-corrected chi connectivity index (χ1v) is 6.30. The molecule has 1 aliphatic rings. The van der Waals surface area contributed by atoms with Crippen LogP contribution in [-0.2, 0) is 0 Å². The van der Waals surface area contributed by atoms with Crippen molar-refractivity contribution in [3.8, 4) is 5.88 Å². The SMILES string of the molecule is CCCOc1cc(NCC2CC2(C)C)ncn1. The van der Waals surface area contributed by atoms with Crippen molar-refractivity contribution >= 4 is 5.82 Å². The molecule has 0 spiro atoms. The Morgan fingerprint density at radius 2 is 2.24 bits per heavy atom. The van der Waals surface area contributed by atoms with Crippen molar-refractivity contribution in [2.24, 2.45) is 11.3 Å². The molecule has 1 aromatic heterocycles. The lowest BCUT2D eigenvalue weighted by Crippen LogP contribution is -2.09. The Labute approximate surface area is 103 Å². The van der Waals surface area contributed by atoms with E-state index in [0.717, 1.165) is 24.7 Å². The van der Waals surface area contributed by atoms with E-state index >= 15 is 0 Å². The number of hydrogen-bond donors (Lipinski definition) is 1. The fourth-order valence-electron chi connectivity index (χ4n) is 1.87. The predicted octanol–water partition coefficient (Wildman–Crippen LogP) is 2.72. The maximum Gasteiger partial charge on any atom is 0.218 e. The average molecular weight is 235 g/mol. The van der Waals surface area contributed by atoms with Gasteiger partial charge in [-0.05, 0) is 24.2 Å². The van der Waals surface area contributed by atoms with Crippen molar-refractivity contribution in [1.82, 2.24) is 9.97 Å². The molecule has 4 heteroatoms. The minimum Gasteiger partial charge on any atom is -0.478 e. The monoisotopic (exact) mass is 235 g/mol. The summed E-state index contributed by atoms with van der Waals surface area (Å²) in [5.74, 6) is 2.27. The Morgan fingerprint density at radius 1 is 1.47 bits per heavy atom. The molecule has 1 aromatic rings. The summed E-state index contributed by atoms with van der Waals surface area (Å²) < 4.78 is 5.47. The van der Waals surface area contributed by atoms with Crippen LogP contribution in [0.2, 0.25) is 0 Å². The van der Waals surface area contributed by atoms with Crippen molar-refractivity contribution in [2.45, 2.75) is 33.6 Å². The first-order valence-electron chi connectivity index (χ1n) is 6.30. The zero-order valence-electron chi connectivity index (χ0n) is 10.9. The largest absolute Gasteiger partial charge is 0.478 e. The van der Waals surface area contributed by atoms with E-state index in [1.807, 2.05) is 6.07 Å². The van der Waals surface area contributed by atoms with Crippen molar-refractivity contribution in [3.05, 3.63) is 12.4 Å². The number of aromatic nitrogens is 2. The van der Waals surface area contributed by atoms with Gasteiger partial charge in [0.1, 0.15) is 12.1 Å². The van der Waals surface area contributed by atoms with E-state index in [1.54, 1.807) is 6.33 Å². The second kappa shape index (κ2) is 4.90. The molecule has 1 aliphatic carbocycles. The van der Waals surface area contributed by atoms with Crippen LogP contribution in [0, 0.1) is 11.3 Å². The fourth-order valence-corrected chi connectivity index (χ4v) is 1.87. The molecule has 0 amide bonds. The summed E-state index contributed by atoms with van der Waals surface area (Å²) in [7, 11) is 0. The molecule has 94 valence electrons. The molecule has 1 fully saturated rings. The molecule has 2 rings (SSSR count). The standard InChI is InChI=1S/C13H21N3O/c1-4-5-17-12-6-11(15-9-16-12)14-8-10-7-13(10,2)3/h6,9-10H,4-5,7-8H2,1-3H3,(H,14,15,16). The van der Waals surface area contributed by atoms with Crippen LogP contribution in [0.5, 0.6) is 5.88 Å². The number of ether oxygens (including phenoxy) is 1. The summed E-state index contributed by atoms with van der Waals surface area (Å²) in [4.78, 5) is 8.27. The Kier molecular flexibility index (Phi) is 3.50. The lowest BCUT2D eigenvalue weighted by molar-refractivity contribution is 0.305. The smallest absolute Gasteiger partial charge is 0.218 e. The molecular weight excluding hydrogens is 214 g/mol. The summed E-state index contributed by atoms with van der Waals surface area (Å²) in [5.41, 5.74) is 0.502. The summed E-state index contributed by atoms with van der Waals surface area (Å²) in [5, 5.41) is 3.35. The van der Waals surface area contributed by atoms with Gasteiger partial charge in [-0.2, -0.15) is 0 Å². The fraction of sp³-hybridized carbons (Fsp3) is 0.692. The van der Waals surface area contributed by atoms with Gasteiger partial charge in [0.15, 0.2) is 0 Å². The molecular formula is C13H21N3O. The van der Waals surface area contributed by atoms with Crippen LogP contribution in [0.15, 0.2) is 12.4 Å². The van der Waals surface area contributed by atoms with Crippen molar-refractivity contribution < 1.29 is 4.74 Å². The third kappa shape index (κ3) is 3.32. The number of nitrogens with zero attached hydrogens (tertiary/aromatic N) is 2. The summed E-state index contributed by atoms with van der Waals surface area (Å²) in [6.07, 6.45) is 3.83. The quantitative estimate of drug-likeness (QED) is 0.823. The third-order valence-corrected chi connectivity index (χ3v) is 3.34. The van der Waals surface area contributed by atoms with E-state index < -0.39 is 0 Å². The van der Waals surface area contributed by atoms with Crippen LogP contribution >= 0.6 is 0 Å². The first kappa shape index (κ1) is 12.1. The molecule has 0 radical (unpaired) electrons. The van der Waals surface area contributed by atoms with Gasteiger partial charge in [-0.1, -0.05) is 20.8 Å². The minimum absolute atomic E-state index is 0.502. The lowest BCUT2D eigenvalue weighted by atomic mass is 10.1. The van der Waals surface area contributed by atoms with Gasteiger partial charge in [-0.3, -0.25) is 0 Å². The van der Waals surface area contributed by atoms with Gasteiger partial charge in [0, 0.05) is 12.6 Å². The molecule has 1 heterocycles. The molecule has 1 N–H and O–H groups in total. The zero-order chi connectivity index (χ0) is 12.3. The van der Waals surface area contributed by atoms with Crippen molar-refractivity contribution in [1.29, 1.82) is 0 Å². The van der Waals surface area contributed by atoms with Crippen LogP contribution in [0.1, 0.15) is 33.6 Å². The van der Waals surface area contributed by atoms with E-state index in [4.69, 9.17) is 4.74 Å². The number of hydrogen-bond acceptors (Lipinski definition) is 4. The van der Waals surface area contributed by atoms with Gasteiger partial charge in [-0.25, -0.2) is 9.97 Å². The summed E-state index contributed by atoms with van der Waals surface area (Å²) in [6, 6.07) is 1.87. The van der Waals surface area contributed by atoms with Crippen LogP contribution in [0.3, 0.4) is 0 Å². The number of anilines is 1. The summed E-state index contributed by atoms with van der Waals surface area (Å²) >= 11 is 0. The second-order valence-corrected chi connectivity index (χ2v) is 5.36. The molecule has 4 nitrogen and oxygen atoms in total. The Balaban J connectivity index is 1.84. The van der Waals surface area contributed by atoms with E-state index in [-0.39, 0.29) is 0 Å². The maximum absolute atomic E-state index is 5.47. The van der Waals surface area contributed by atoms with E-state index in [2.05, 4.69) is 36.1 Å². The van der Waals surface area contributed by atoms with Gasteiger partial charge >= 0.3 is 0 Å². The first-order chi connectivity index (χ1) is 8.12. The van der Waals surface area contributed by atoms with E-state index in [0.29, 0.717) is 17.9 Å². The molecule has 17 heavy (non-hydrogen) atoms. The van der Waals surface area contributed by atoms with Crippen LogP contribution in [0.4, 0.5) is 5.82 Å². The second-order valence-electron chi connectivity index (χ2n) is 5.36. The number of rotatable bonds is 6. The zero-order valence-corrected chi connectivity index (χ0v) is 10.9. The van der Waals surface area contributed by atoms with E-state index in [1.165, 1.54) is 6.42 Å². The van der Waals surface area contributed by atoms with Crippen molar-refractivity contribution in [2.75, 3.05) is 18.5 Å². The lowest BCUT2D eigenvalue weighted by Gasteiger charge is -2.08. The highest BCUT2D eigenvalue weighted by molar-refractivity contribution is 5.37. The van der Waals surface area contributed by atoms with Crippen LogP contribution in [0.25, 0.3) is 0 Å². The van der Waals surface area contributed by atoms with Crippen LogP contribution in [-0.4, -0.2) is 23.1 Å². The number of nitrogens with one attached hydrogen (secondary N) is 1. The maximum atomic E-state index is 5.47. The topological polar surface area (TPSA) is 47.0 Å². The van der Waals surface area contributed by atoms with Gasteiger partial charge in [0.05, 0.1) is 6.61 Å². The Bertz CT molecular complexity index is 379. The Morgan fingerprint density at radius 3 is 2.88 bits per heavy atom. The van der Waals surface area contributed by atoms with Gasteiger partial charge in [0.25, 0.3) is 0 Å². The van der Waals surface area contributed by atoms with Gasteiger partial charge in [-0.15, -0.1) is 0 Å². The van der Waals surface area contributed by atoms with Gasteiger partial charge in [0.2, 0.25) is 5.88 Å². The minimum atomic E-state index is 0.502. The molecule has 1 atom stereocenters. The van der Waals surface area contributed by atoms with Gasteiger partial charge < -0.3 is 10.1 Å². The highest BCUT2D eigenvalue weighted by Gasteiger charge is 2.44. The van der Waals surface area contributed by atoms with E-state index in [9.17, 15) is 0 Å².